The normalized spacial score (nSPS) is 11.1. The molecule has 0 aliphatic heterocycles. The fourth-order valence-corrected chi connectivity index (χ4v) is 0.854. The SMILES string of the molecule is CC(C)=CCCC(C=O)=CCO. The predicted octanol–water partition coefficient (Wildman–Crippen LogP) is 1.85. The van der Waals surface area contributed by atoms with Gasteiger partial charge in [0.25, 0.3) is 0 Å². The highest BCUT2D eigenvalue weighted by Gasteiger charge is 1.92. The van der Waals surface area contributed by atoms with E-state index in [9.17, 15) is 4.79 Å². The molecule has 2 heteroatoms. The number of rotatable bonds is 5. The number of allylic oxidation sites excluding steroid dienone is 3. The first-order valence-corrected chi connectivity index (χ1v) is 4.09. The molecule has 12 heavy (non-hydrogen) atoms. The van der Waals surface area contributed by atoms with Crippen LogP contribution in [-0.4, -0.2) is 18.0 Å². The molecule has 0 unspecified atom stereocenters. The van der Waals surface area contributed by atoms with Gasteiger partial charge in [-0.3, -0.25) is 4.79 Å². The Hall–Kier alpha value is -0.890. The van der Waals surface area contributed by atoms with Gasteiger partial charge in [0.2, 0.25) is 0 Å². The van der Waals surface area contributed by atoms with Crippen molar-refractivity contribution in [1.29, 1.82) is 0 Å². The molecule has 0 aliphatic carbocycles. The summed E-state index contributed by atoms with van der Waals surface area (Å²) in [5.41, 5.74) is 1.93. The van der Waals surface area contributed by atoms with Crippen molar-refractivity contribution in [2.75, 3.05) is 6.61 Å². The largest absolute Gasteiger partial charge is 0.392 e. The lowest BCUT2D eigenvalue weighted by Gasteiger charge is -1.95. The van der Waals surface area contributed by atoms with E-state index in [0.29, 0.717) is 5.57 Å². The maximum Gasteiger partial charge on any atom is 0.145 e. The fourth-order valence-electron chi connectivity index (χ4n) is 0.854. The summed E-state index contributed by atoms with van der Waals surface area (Å²) in [7, 11) is 0. The van der Waals surface area contributed by atoms with Gasteiger partial charge in [0.05, 0.1) is 6.61 Å². The second-order valence-corrected chi connectivity index (χ2v) is 2.90. The average molecular weight is 168 g/mol. The van der Waals surface area contributed by atoms with Crippen LogP contribution in [0.2, 0.25) is 0 Å². The van der Waals surface area contributed by atoms with E-state index in [2.05, 4.69) is 6.08 Å². The van der Waals surface area contributed by atoms with Crippen LogP contribution in [0.1, 0.15) is 26.7 Å². The monoisotopic (exact) mass is 168 g/mol. The zero-order chi connectivity index (χ0) is 9.40. The Morgan fingerprint density at radius 3 is 2.42 bits per heavy atom. The number of carbonyl (C=O) groups is 1. The maximum absolute atomic E-state index is 10.4. The molecule has 0 aromatic rings. The van der Waals surface area contributed by atoms with Crippen molar-refractivity contribution in [3.05, 3.63) is 23.3 Å². The summed E-state index contributed by atoms with van der Waals surface area (Å²) < 4.78 is 0. The Balaban J connectivity index is 3.81. The van der Waals surface area contributed by atoms with E-state index in [1.54, 1.807) is 6.08 Å². The molecule has 0 saturated carbocycles. The van der Waals surface area contributed by atoms with Gasteiger partial charge >= 0.3 is 0 Å². The molecule has 0 amide bonds. The molecule has 0 aromatic heterocycles. The Morgan fingerprint density at radius 1 is 1.33 bits per heavy atom. The van der Waals surface area contributed by atoms with Crippen molar-refractivity contribution in [2.45, 2.75) is 26.7 Å². The molecule has 0 bridgehead atoms. The van der Waals surface area contributed by atoms with Crippen LogP contribution >= 0.6 is 0 Å². The van der Waals surface area contributed by atoms with Gasteiger partial charge < -0.3 is 5.11 Å². The van der Waals surface area contributed by atoms with E-state index in [-0.39, 0.29) is 6.61 Å². The second-order valence-electron chi connectivity index (χ2n) is 2.90. The number of aldehydes is 1. The van der Waals surface area contributed by atoms with Crippen molar-refractivity contribution >= 4 is 6.29 Å². The Kier molecular flexibility index (Phi) is 6.29. The third-order valence-electron chi connectivity index (χ3n) is 1.49. The zero-order valence-electron chi connectivity index (χ0n) is 7.71. The van der Waals surface area contributed by atoms with Gasteiger partial charge in [0.1, 0.15) is 6.29 Å². The van der Waals surface area contributed by atoms with Crippen LogP contribution in [0.4, 0.5) is 0 Å². The topological polar surface area (TPSA) is 37.3 Å². The standard InChI is InChI=1S/C10H16O2/c1-9(2)4-3-5-10(8-12)6-7-11/h4,6,8,11H,3,5,7H2,1-2H3. The van der Waals surface area contributed by atoms with Crippen molar-refractivity contribution in [2.24, 2.45) is 0 Å². The molecule has 0 radical (unpaired) electrons. The molecule has 0 rings (SSSR count). The van der Waals surface area contributed by atoms with E-state index >= 15 is 0 Å². The molecular formula is C10H16O2. The molecule has 0 fully saturated rings. The average Bonchev–Trinajstić information content (AvgIpc) is 2.02. The molecule has 0 spiro atoms. The molecule has 68 valence electrons. The fraction of sp³-hybridized carbons (Fsp3) is 0.500. The zero-order valence-corrected chi connectivity index (χ0v) is 7.71. The highest BCUT2D eigenvalue weighted by atomic mass is 16.2. The molecule has 2 nitrogen and oxygen atoms in total. The first-order valence-electron chi connectivity index (χ1n) is 4.09. The Bertz CT molecular complexity index is 186. The van der Waals surface area contributed by atoms with E-state index in [0.717, 1.165) is 19.1 Å². The molecular weight excluding hydrogens is 152 g/mol. The van der Waals surface area contributed by atoms with Gasteiger partial charge in [-0.25, -0.2) is 0 Å². The lowest BCUT2D eigenvalue weighted by Crippen LogP contribution is -1.87. The van der Waals surface area contributed by atoms with Gasteiger partial charge in [0.15, 0.2) is 0 Å². The van der Waals surface area contributed by atoms with E-state index in [1.165, 1.54) is 5.57 Å². The maximum atomic E-state index is 10.4. The van der Waals surface area contributed by atoms with Gasteiger partial charge in [-0.1, -0.05) is 17.7 Å². The first kappa shape index (κ1) is 11.1. The summed E-state index contributed by atoms with van der Waals surface area (Å²) in [5.74, 6) is 0. The van der Waals surface area contributed by atoms with Gasteiger partial charge in [-0.15, -0.1) is 0 Å². The minimum absolute atomic E-state index is 0.0527. The van der Waals surface area contributed by atoms with Crippen molar-refractivity contribution in [3.63, 3.8) is 0 Å². The Labute approximate surface area is 73.6 Å². The number of hydrogen-bond donors (Lipinski definition) is 1. The minimum Gasteiger partial charge on any atom is -0.392 e. The molecule has 0 atom stereocenters. The molecule has 0 aromatic carbocycles. The van der Waals surface area contributed by atoms with Gasteiger partial charge in [-0.2, -0.15) is 0 Å². The van der Waals surface area contributed by atoms with Crippen LogP contribution < -0.4 is 0 Å². The number of aliphatic hydroxyl groups excluding tert-OH is 1. The van der Waals surface area contributed by atoms with E-state index in [1.807, 2.05) is 13.8 Å². The number of carbonyl (C=O) groups excluding carboxylic acids is 1. The smallest absolute Gasteiger partial charge is 0.145 e. The third kappa shape index (κ3) is 5.86. The second kappa shape index (κ2) is 6.80. The van der Waals surface area contributed by atoms with Gasteiger partial charge in [0, 0.05) is 0 Å². The summed E-state index contributed by atoms with van der Waals surface area (Å²) in [6.07, 6.45) is 6.01. The van der Waals surface area contributed by atoms with E-state index in [4.69, 9.17) is 5.11 Å². The minimum atomic E-state index is -0.0527. The van der Waals surface area contributed by atoms with Crippen LogP contribution in [0.25, 0.3) is 0 Å². The third-order valence-corrected chi connectivity index (χ3v) is 1.49. The first-order chi connectivity index (χ1) is 5.70. The summed E-state index contributed by atoms with van der Waals surface area (Å²) in [6, 6.07) is 0. The van der Waals surface area contributed by atoms with Crippen LogP contribution in [-0.2, 0) is 4.79 Å². The Morgan fingerprint density at radius 2 is 2.00 bits per heavy atom. The van der Waals surface area contributed by atoms with Crippen molar-refractivity contribution < 1.29 is 9.90 Å². The highest BCUT2D eigenvalue weighted by Crippen LogP contribution is 2.04. The van der Waals surface area contributed by atoms with Crippen LogP contribution in [0.15, 0.2) is 23.3 Å². The summed E-state index contributed by atoms with van der Waals surface area (Å²) in [5, 5.41) is 8.53. The van der Waals surface area contributed by atoms with Crippen molar-refractivity contribution in [1.82, 2.24) is 0 Å². The van der Waals surface area contributed by atoms with Gasteiger partial charge in [-0.05, 0) is 32.3 Å². The number of aliphatic hydroxyl groups is 1. The highest BCUT2D eigenvalue weighted by molar-refractivity contribution is 5.73. The predicted molar refractivity (Wildman–Crippen MR) is 49.9 cm³/mol. The molecule has 0 heterocycles. The van der Waals surface area contributed by atoms with Crippen molar-refractivity contribution in [3.8, 4) is 0 Å². The quantitative estimate of drug-likeness (QED) is 0.386. The summed E-state index contributed by atoms with van der Waals surface area (Å²) >= 11 is 0. The molecule has 0 saturated heterocycles. The lowest BCUT2D eigenvalue weighted by molar-refractivity contribution is -0.105. The van der Waals surface area contributed by atoms with Crippen LogP contribution in [0.5, 0.6) is 0 Å². The molecule has 1 N–H and O–H groups in total. The lowest BCUT2D eigenvalue weighted by atomic mass is 10.1. The van der Waals surface area contributed by atoms with E-state index < -0.39 is 0 Å². The van der Waals surface area contributed by atoms with Crippen LogP contribution in [0.3, 0.4) is 0 Å². The summed E-state index contributed by atoms with van der Waals surface area (Å²) in [6.45, 7) is 4.00. The number of hydrogen-bond acceptors (Lipinski definition) is 2. The summed E-state index contributed by atoms with van der Waals surface area (Å²) in [4.78, 5) is 10.4. The van der Waals surface area contributed by atoms with Crippen LogP contribution in [0, 0.1) is 0 Å². The molecule has 0 aliphatic rings.